The summed E-state index contributed by atoms with van der Waals surface area (Å²) in [6.07, 6.45) is 0.595. The molecule has 0 radical (unpaired) electrons. The van der Waals surface area contributed by atoms with Gasteiger partial charge in [0, 0.05) is 18.7 Å². The van der Waals surface area contributed by atoms with Crippen LogP contribution in [0, 0.1) is 12.7 Å². The number of benzene rings is 2. The van der Waals surface area contributed by atoms with Crippen molar-refractivity contribution in [3.05, 3.63) is 53.3 Å². The van der Waals surface area contributed by atoms with Gasteiger partial charge in [0.05, 0.1) is 10.6 Å². The molecule has 0 spiro atoms. The lowest BCUT2D eigenvalue weighted by Gasteiger charge is -2.20. The average Bonchev–Trinajstić information content (AvgIpc) is 2.85. The Morgan fingerprint density at radius 1 is 1.24 bits per heavy atom. The molecule has 1 N–H and O–H groups in total. The van der Waals surface area contributed by atoms with Gasteiger partial charge in [0.1, 0.15) is 5.82 Å². The lowest BCUT2D eigenvalue weighted by Crippen LogP contribution is -2.33. The average molecular weight is 362 g/mol. The van der Waals surface area contributed by atoms with E-state index in [0.29, 0.717) is 12.0 Å². The van der Waals surface area contributed by atoms with E-state index < -0.39 is 15.8 Å². The van der Waals surface area contributed by atoms with Crippen LogP contribution in [0.2, 0.25) is 0 Å². The standard InChI is InChI=1S/C18H19FN2O3S/c1-11-4-5-15(19)10-17(11)20-25(23,24)16-6-7-18-14(9-16)8-12(2)21(18)13(3)22/h4-7,9-10,12,20H,8H2,1-3H3. The van der Waals surface area contributed by atoms with E-state index in [1.54, 1.807) is 24.0 Å². The number of rotatable bonds is 3. The Labute approximate surface area is 146 Å². The number of nitrogens with zero attached hydrogens (tertiary/aromatic N) is 1. The summed E-state index contributed by atoms with van der Waals surface area (Å²) in [4.78, 5) is 13.5. The van der Waals surface area contributed by atoms with Gasteiger partial charge in [-0.3, -0.25) is 9.52 Å². The fourth-order valence-electron chi connectivity index (χ4n) is 3.16. The van der Waals surface area contributed by atoms with Crippen LogP contribution in [0.25, 0.3) is 0 Å². The maximum absolute atomic E-state index is 13.4. The van der Waals surface area contributed by atoms with Crippen LogP contribution in [-0.2, 0) is 21.2 Å². The van der Waals surface area contributed by atoms with Crippen molar-refractivity contribution in [3.63, 3.8) is 0 Å². The first-order valence-electron chi connectivity index (χ1n) is 7.91. The molecule has 3 rings (SSSR count). The highest BCUT2D eigenvalue weighted by atomic mass is 32.2. The monoisotopic (exact) mass is 362 g/mol. The number of sulfonamides is 1. The van der Waals surface area contributed by atoms with Gasteiger partial charge in [0.25, 0.3) is 10.0 Å². The number of amides is 1. The number of hydrogen-bond acceptors (Lipinski definition) is 3. The number of anilines is 2. The Bertz CT molecular complexity index is 957. The fourth-order valence-corrected chi connectivity index (χ4v) is 4.33. The highest BCUT2D eigenvalue weighted by molar-refractivity contribution is 7.92. The summed E-state index contributed by atoms with van der Waals surface area (Å²) in [6.45, 7) is 5.11. The molecular formula is C18H19FN2O3S. The third-order valence-corrected chi connectivity index (χ3v) is 5.72. The molecule has 0 aromatic heterocycles. The van der Waals surface area contributed by atoms with Crippen molar-refractivity contribution >= 4 is 27.3 Å². The molecule has 7 heteroatoms. The molecule has 5 nitrogen and oxygen atoms in total. The summed E-state index contributed by atoms with van der Waals surface area (Å²) in [6, 6.07) is 8.62. The van der Waals surface area contributed by atoms with Crippen molar-refractivity contribution in [2.24, 2.45) is 0 Å². The molecule has 1 aliphatic heterocycles. The summed E-state index contributed by atoms with van der Waals surface area (Å²) in [5.41, 5.74) is 2.38. The van der Waals surface area contributed by atoms with Gasteiger partial charge in [-0.1, -0.05) is 6.07 Å². The SMILES string of the molecule is CC(=O)N1c2ccc(S(=O)(=O)Nc3cc(F)ccc3C)cc2CC1C. The van der Waals surface area contributed by atoms with Crippen molar-refractivity contribution in [2.45, 2.75) is 38.1 Å². The van der Waals surface area contributed by atoms with E-state index in [1.165, 1.54) is 25.1 Å². The van der Waals surface area contributed by atoms with Gasteiger partial charge >= 0.3 is 0 Å². The van der Waals surface area contributed by atoms with Crippen molar-refractivity contribution in [1.82, 2.24) is 0 Å². The smallest absolute Gasteiger partial charge is 0.261 e. The van der Waals surface area contributed by atoms with E-state index >= 15 is 0 Å². The number of carbonyl (C=O) groups excluding carboxylic acids is 1. The number of hydrogen-bond donors (Lipinski definition) is 1. The molecule has 1 atom stereocenters. The lowest BCUT2D eigenvalue weighted by molar-refractivity contribution is -0.116. The van der Waals surface area contributed by atoms with Gasteiger partial charge in [-0.15, -0.1) is 0 Å². The van der Waals surface area contributed by atoms with Gasteiger partial charge in [-0.05, 0) is 61.7 Å². The molecule has 1 unspecified atom stereocenters. The van der Waals surface area contributed by atoms with Crippen molar-refractivity contribution in [3.8, 4) is 0 Å². The summed E-state index contributed by atoms with van der Waals surface area (Å²) < 4.78 is 41.1. The van der Waals surface area contributed by atoms with Crippen molar-refractivity contribution < 1.29 is 17.6 Å². The summed E-state index contributed by atoms with van der Waals surface area (Å²) >= 11 is 0. The first-order chi connectivity index (χ1) is 11.7. The van der Waals surface area contributed by atoms with E-state index in [0.717, 1.165) is 17.3 Å². The molecule has 132 valence electrons. The number of halogens is 1. The van der Waals surface area contributed by atoms with Gasteiger partial charge in [-0.25, -0.2) is 12.8 Å². The van der Waals surface area contributed by atoms with Crippen molar-refractivity contribution in [1.29, 1.82) is 0 Å². The zero-order valence-electron chi connectivity index (χ0n) is 14.2. The Balaban J connectivity index is 1.96. The van der Waals surface area contributed by atoms with E-state index in [1.807, 2.05) is 6.92 Å². The third-order valence-electron chi connectivity index (χ3n) is 4.36. The molecule has 25 heavy (non-hydrogen) atoms. The molecule has 0 saturated carbocycles. The third kappa shape index (κ3) is 3.24. The number of carbonyl (C=O) groups is 1. The Hall–Kier alpha value is -2.41. The van der Waals surface area contributed by atoms with Crippen LogP contribution in [-0.4, -0.2) is 20.4 Å². The maximum Gasteiger partial charge on any atom is 0.261 e. The van der Waals surface area contributed by atoms with Gasteiger partial charge < -0.3 is 4.90 Å². The van der Waals surface area contributed by atoms with Gasteiger partial charge in [0.15, 0.2) is 0 Å². The minimum atomic E-state index is -3.85. The predicted octanol–water partition coefficient (Wildman–Crippen LogP) is 3.23. The number of fused-ring (bicyclic) bond motifs is 1. The summed E-state index contributed by atoms with van der Waals surface area (Å²) in [5.74, 6) is -0.585. The molecule has 1 aliphatic rings. The summed E-state index contributed by atoms with van der Waals surface area (Å²) in [5, 5.41) is 0. The van der Waals surface area contributed by atoms with Crippen molar-refractivity contribution in [2.75, 3.05) is 9.62 Å². The number of aryl methyl sites for hydroxylation is 1. The van der Waals surface area contributed by atoms with Crippen LogP contribution < -0.4 is 9.62 Å². The Kier molecular flexibility index (Phi) is 4.28. The minimum Gasteiger partial charge on any atom is -0.309 e. The second kappa shape index (κ2) is 6.15. The molecule has 0 aliphatic carbocycles. The predicted molar refractivity (Wildman–Crippen MR) is 94.7 cm³/mol. The molecule has 0 fully saturated rings. The highest BCUT2D eigenvalue weighted by Crippen LogP contribution is 2.34. The fraction of sp³-hybridized carbons (Fsp3) is 0.278. The van der Waals surface area contributed by atoms with Gasteiger partial charge in [-0.2, -0.15) is 0 Å². The normalized spacial score (nSPS) is 16.6. The topological polar surface area (TPSA) is 66.5 Å². The van der Waals surface area contributed by atoms with Crippen LogP contribution in [0.15, 0.2) is 41.3 Å². The van der Waals surface area contributed by atoms with Crippen LogP contribution in [0.1, 0.15) is 25.0 Å². The molecule has 2 aromatic rings. The zero-order chi connectivity index (χ0) is 18.4. The highest BCUT2D eigenvalue weighted by Gasteiger charge is 2.30. The number of nitrogens with one attached hydrogen (secondary N) is 1. The Morgan fingerprint density at radius 3 is 2.64 bits per heavy atom. The maximum atomic E-state index is 13.4. The zero-order valence-corrected chi connectivity index (χ0v) is 15.0. The molecular weight excluding hydrogens is 343 g/mol. The molecule has 0 saturated heterocycles. The van der Waals surface area contributed by atoms with Crippen LogP contribution in [0.4, 0.5) is 15.8 Å². The second-order valence-electron chi connectivity index (χ2n) is 6.30. The molecule has 1 heterocycles. The van der Waals surface area contributed by atoms with E-state index in [2.05, 4.69) is 4.72 Å². The van der Waals surface area contributed by atoms with Gasteiger partial charge in [0.2, 0.25) is 5.91 Å². The van der Waals surface area contributed by atoms with E-state index in [4.69, 9.17) is 0 Å². The minimum absolute atomic E-state index is 0.0103. The van der Waals surface area contributed by atoms with Crippen LogP contribution in [0.5, 0.6) is 0 Å². The molecule has 1 amide bonds. The largest absolute Gasteiger partial charge is 0.309 e. The first-order valence-corrected chi connectivity index (χ1v) is 9.39. The lowest BCUT2D eigenvalue weighted by atomic mass is 10.1. The molecule has 0 bridgehead atoms. The van der Waals surface area contributed by atoms with E-state index in [-0.39, 0.29) is 22.5 Å². The van der Waals surface area contributed by atoms with Crippen LogP contribution in [0.3, 0.4) is 0 Å². The second-order valence-corrected chi connectivity index (χ2v) is 7.98. The van der Waals surface area contributed by atoms with Crippen LogP contribution >= 0.6 is 0 Å². The summed E-state index contributed by atoms with van der Waals surface area (Å²) in [7, 11) is -3.85. The molecule has 2 aromatic carbocycles. The van der Waals surface area contributed by atoms with E-state index in [9.17, 15) is 17.6 Å². The Morgan fingerprint density at radius 2 is 1.96 bits per heavy atom. The quantitative estimate of drug-likeness (QED) is 0.912. The first kappa shape index (κ1) is 17.4.